The van der Waals surface area contributed by atoms with Crippen LogP contribution in [0.1, 0.15) is 10.4 Å². The van der Waals surface area contributed by atoms with Gasteiger partial charge in [0.1, 0.15) is 11.3 Å². The SMILES string of the molecule is COc1ccc(C(=O)O)c2nc(N)sc12. The predicted molar refractivity (Wildman–Crippen MR) is 57.5 cm³/mol. The van der Waals surface area contributed by atoms with E-state index in [9.17, 15) is 4.79 Å². The Bertz CT molecular complexity index is 535. The van der Waals surface area contributed by atoms with E-state index in [4.69, 9.17) is 15.6 Å². The number of carboxylic acids is 1. The van der Waals surface area contributed by atoms with Crippen LogP contribution in [0.5, 0.6) is 5.75 Å². The lowest BCUT2D eigenvalue weighted by Crippen LogP contribution is -1.98. The molecule has 0 aliphatic heterocycles. The fourth-order valence-corrected chi connectivity index (χ4v) is 2.18. The molecule has 15 heavy (non-hydrogen) atoms. The van der Waals surface area contributed by atoms with Gasteiger partial charge in [-0.3, -0.25) is 0 Å². The summed E-state index contributed by atoms with van der Waals surface area (Å²) >= 11 is 1.21. The topological polar surface area (TPSA) is 85.4 Å². The van der Waals surface area contributed by atoms with Gasteiger partial charge in [-0.15, -0.1) is 0 Å². The standard InChI is InChI=1S/C9H8N2O3S/c1-14-5-3-2-4(8(12)13)6-7(5)15-9(10)11-6/h2-3H,1H3,(H2,10,11)(H,12,13). The van der Waals surface area contributed by atoms with Gasteiger partial charge in [0, 0.05) is 0 Å². The van der Waals surface area contributed by atoms with Crippen molar-refractivity contribution in [2.75, 3.05) is 12.8 Å². The molecule has 0 saturated heterocycles. The molecule has 78 valence electrons. The van der Waals surface area contributed by atoms with Crippen LogP contribution in [0, 0.1) is 0 Å². The molecule has 1 aromatic carbocycles. The summed E-state index contributed by atoms with van der Waals surface area (Å²) in [5.41, 5.74) is 6.06. The number of ether oxygens (including phenoxy) is 1. The molecular formula is C9H8N2O3S. The van der Waals surface area contributed by atoms with Gasteiger partial charge in [0.15, 0.2) is 5.13 Å². The average molecular weight is 224 g/mol. The minimum atomic E-state index is -1.02. The summed E-state index contributed by atoms with van der Waals surface area (Å²) in [6, 6.07) is 3.06. The van der Waals surface area contributed by atoms with E-state index in [0.29, 0.717) is 21.1 Å². The summed E-state index contributed by atoms with van der Waals surface area (Å²) in [7, 11) is 1.52. The number of aromatic nitrogens is 1. The molecule has 1 aromatic heterocycles. The minimum absolute atomic E-state index is 0.138. The van der Waals surface area contributed by atoms with Gasteiger partial charge < -0.3 is 15.6 Å². The lowest BCUT2D eigenvalue weighted by molar-refractivity contribution is 0.0699. The lowest BCUT2D eigenvalue weighted by Gasteiger charge is -2.01. The van der Waals surface area contributed by atoms with Crippen LogP contribution in [0.25, 0.3) is 10.2 Å². The number of thiazole rings is 1. The zero-order valence-corrected chi connectivity index (χ0v) is 8.67. The van der Waals surface area contributed by atoms with Crippen molar-refractivity contribution in [3.05, 3.63) is 17.7 Å². The van der Waals surface area contributed by atoms with Crippen molar-refractivity contribution in [2.45, 2.75) is 0 Å². The van der Waals surface area contributed by atoms with Crippen molar-refractivity contribution in [1.82, 2.24) is 4.98 Å². The van der Waals surface area contributed by atoms with E-state index in [1.54, 1.807) is 6.07 Å². The molecule has 0 radical (unpaired) electrons. The van der Waals surface area contributed by atoms with E-state index in [2.05, 4.69) is 4.98 Å². The van der Waals surface area contributed by atoms with Crippen LogP contribution >= 0.6 is 11.3 Å². The molecule has 0 aliphatic rings. The van der Waals surface area contributed by atoms with Gasteiger partial charge in [0.25, 0.3) is 0 Å². The van der Waals surface area contributed by atoms with Crippen molar-refractivity contribution >= 4 is 32.7 Å². The fraction of sp³-hybridized carbons (Fsp3) is 0.111. The molecule has 0 spiro atoms. The van der Waals surface area contributed by atoms with Crippen molar-refractivity contribution in [2.24, 2.45) is 0 Å². The highest BCUT2D eigenvalue weighted by atomic mass is 32.1. The highest BCUT2D eigenvalue weighted by Gasteiger charge is 2.15. The van der Waals surface area contributed by atoms with Crippen LogP contribution in [0.15, 0.2) is 12.1 Å². The third kappa shape index (κ3) is 1.48. The summed E-state index contributed by atoms with van der Waals surface area (Å²) in [5.74, 6) is -0.433. The zero-order valence-electron chi connectivity index (χ0n) is 7.85. The molecule has 0 saturated carbocycles. The van der Waals surface area contributed by atoms with Crippen molar-refractivity contribution in [3.63, 3.8) is 0 Å². The molecular weight excluding hydrogens is 216 g/mol. The summed E-state index contributed by atoms with van der Waals surface area (Å²) < 4.78 is 5.76. The quantitative estimate of drug-likeness (QED) is 0.808. The minimum Gasteiger partial charge on any atom is -0.495 e. The highest BCUT2D eigenvalue weighted by molar-refractivity contribution is 7.22. The number of nitrogen functional groups attached to an aromatic ring is 1. The average Bonchev–Trinajstić information content (AvgIpc) is 2.56. The van der Waals surface area contributed by atoms with Crippen LogP contribution in [0.2, 0.25) is 0 Å². The van der Waals surface area contributed by atoms with E-state index in [-0.39, 0.29) is 5.56 Å². The van der Waals surface area contributed by atoms with Gasteiger partial charge in [-0.25, -0.2) is 9.78 Å². The molecule has 3 N–H and O–H groups in total. The Morgan fingerprint density at radius 1 is 1.60 bits per heavy atom. The van der Waals surface area contributed by atoms with E-state index in [1.807, 2.05) is 0 Å². The Hall–Kier alpha value is -1.82. The smallest absolute Gasteiger partial charge is 0.337 e. The second kappa shape index (κ2) is 3.39. The van der Waals surface area contributed by atoms with E-state index in [1.165, 1.54) is 24.5 Å². The Kier molecular flexibility index (Phi) is 2.20. The Balaban J connectivity index is 2.82. The number of methoxy groups -OCH3 is 1. The maximum Gasteiger partial charge on any atom is 0.337 e. The Labute approximate surface area is 89.1 Å². The Morgan fingerprint density at radius 2 is 2.33 bits per heavy atom. The summed E-state index contributed by atoms with van der Waals surface area (Å²) in [6.07, 6.45) is 0. The number of anilines is 1. The largest absolute Gasteiger partial charge is 0.495 e. The molecule has 0 amide bonds. The molecule has 0 atom stereocenters. The molecule has 5 nitrogen and oxygen atoms in total. The van der Waals surface area contributed by atoms with Gasteiger partial charge in [0.2, 0.25) is 0 Å². The van der Waals surface area contributed by atoms with Gasteiger partial charge >= 0.3 is 5.97 Å². The summed E-state index contributed by atoms with van der Waals surface area (Å²) in [6.45, 7) is 0. The van der Waals surface area contributed by atoms with Crippen LogP contribution in [0.3, 0.4) is 0 Å². The van der Waals surface area contributed by atoms with Crippen LogP contribution in [-0.4, -0.2) is 23.2 Å². The van der Waals surface area contributed by atoms with E-state index >= 15 is 0 Å². The first-order valence-corrected chi connectivity index (χ1v) is 4.91. The maximum absolute atomic E-state index is 10.9. The van der Waals surface area contributed by atoms with E-state index < -0.39 is 5.97 Å². The van der Waals surface area contributed by atoms with Crippen molar-refractivity contribution in [1.29, 1.82) is 0 Å². The number of fused-ring (bicyclic) bond motifs is 1. The number of hydrogen-bond acceptors (Lipinski definition) is 5. The van der Waals surface area contributed by atoms with E-state index in [0.717, 1.165) is 0 Å². The third-order valence-electron chi connectivity index (χ3n) is 1.97. The normalized spacial score (nSPS) is 10.5. The number of nitrogens with two attached hydrogens (primary N) is 1. The molecule has 0 unspecified atom stereocenters. The Morgan fingerprint density at radius 3 is 2.93 bits per heavy atom. The number of benzene rings is 1. The number of rotatable bonds is 2. The number of nitrogens with zero attached hydrogens (tertiary/aromatic N) is 1. The number of carboxylic acid groups (broad SMARTS) is 1. The predicted octanol–water partition coefficient (Wildman–Crippen LogP) is 1.59. The lowest BCUT2D eigenvalue weighted by atomic mass is 10.2. The van der Waals surface area contributed by atoms with Gasteiger partial charge in [0.05, 0.1) is 17.4 Å². The number of carbonyl (C=O) groups is 1. The van der Waals surface area contributed by atoms with Crippen molar-refractivity contribution in [3.8, 4) is 5.75 Å². The number of aromatic carboxylic acids is 1. The summed E-state index contributed by atoms with van der Waals surface area (Å²) in [5, 5.41) is 9.27. The molecule has 0 fully saturated rings. The molecule has 0 aliphatic carbocycles. The third-order valence-corrected chi connectivity index (χ3v) is 2.87. The summed E-state index contributed by atoms with van der Waals surface area (Å²) in [4.78, 5) is 14.9. The second-order valence-corrected chi connectivity index (χ2v) is 3.88. The first kappa shape index (κ1) is 9.72. The van der Waals surface area contributed by atoms with Crippen LogP contribution < -0.4 is 10.5 Å². The molecule has 6 heteroatoms. The van der Waals surface area contributed by atoms with Gasteiger partial charge in [-0.2, -0.15) is 0 Å². The molecule has 1 heterocycles. The first-order chi connectivity index (χ1) is 7.13. The van der Waals surface area contributed by atoms with Gasteiger partial charge in [-0.1, -0.05) is 11.3 Å². The molecule has 0 bridgehead atoms. The molecule has 2 aromatic rings. The fourth-order valence-electron chi connectivity index (χ4n) is 1.33. The molecule has 2 rings (SSSR count). The highest BCUT2D eigenvalue weighted by Crippen LogP contribution is 2.34. The maximum atomic E-state index is 10.9. The van der Waals surface area contributed by atoms with Crippen LogP contribution in [-0.2, 0) is 0 Å². The van der Waals surface area contributed by atoms with Crippen LogP contribution in [0.4, 0.5) is 5.13 Å². The number of hydrogen-bond donors (Lipinski definition) is 2. The zero-order chi connectivity index (χ0) is 11.0. The second-order valence-electron chi connectivity index (χ2n) is 2.85. The first-order valence-electron chi connectivity index (χ1n) is 4.09. The van der Waals surface area contributed by atoms with Gasteiger partial charge in [-0.05, 0) is 12.1 Å². The van der Waals surface area contributed by atoms with Crippen molar-refractivity contribution < 1.29 is 14.6 Å². The monoisotopic (exact) mass is 224 g/mol.